The number of nitrogens with zero attached hydrogens (tertiary/aromatic N) is 1. The van der Waals surface area contributed by atoms with Crippen molar-refractivity contribution in [2.45, 2.75) is 6.92 Å². The molecule has 1 fully saturated rings. The van der Waals surface area contributed by atoms with Gasteiger partial charge in [0.1, 0.15) is 0 Å². The molecule has 128 valence electrons. The van der Waals surface area contributed by atoms with Crippen LogP contribution in [0.1, 0.15) is 33.2 Å². The van der Waals surface area contributed by atoms with Gasteiger partial charge in [-0.2, -0.15) is 0 Å². The molecule has 5 heteroatoms. The van der Waals surface area contributed by atoms with Crippen LogP contribution in [-0.2, 0) is 4.79 Å². The summed E-state index contributed by atoms with van der Waals surface area (Å²) in [5.74, 6) is -1.16. The molecule has 0 radical (unpaired) electrons. The second-order valence-electron chi connectivity index (χ2n) is 6.44. The lowest BCUT2D eigenvalue weighted by molar-refractivity contribution is -0.122. The van der Waals surface area contributed by atoms with Crippen LogP contribution in [0, 0.1) is 11.8 Å². The van der Waals surface area contributed by atoms with Crippen LogP contribution in [-0.4, -0.2) is 35.6 Å². The first kappa shape index (κ1) is 16.9. The van der Waals surface area contributed by atoms with Crippen molar-refractivity contribution in [2.24, 2.45) is 17.6 Å². The zero-order valence-electron chi connectivity index (χ0n) is 14.0. The fourth-order valence-electron chi connectivity index (χ4n) is 3.29. The van der Waals surface area contributed by atoms with Gasteiger partial charge in [-0.05, 0) is 12.0 Å². The van der Waals surface area contributed by atoms with Crippen molar-refractivity contribution < 1.29 is 14.4 Å². The minimum atomic E-state index is -0.392. The first-order chi connectivity index (χ1) is 12.0. The zero-order chi connectivity index (χ0) is 18.0. The van der Waals surface area contributed by atoms with Gasteiger partial charge in [-0.25, -0.2) is 0 Å². The maximum absolute atomic E-state index is 12.9. The second kappa shape index (κ2) is 6.89. The Morgan fingerprint density at radius 1 is 0.920 bits per heavy atom. The number of carbonyl (C=O) groups is 3. The van der Waals surface area contributed by atoms with E-state index in [1.54, 1.807) is 53.4 Å². The van der Waals surface area contributed by atoms with Crippen molar-refractivity contribution in [2.75, 3.05) is 13.1 Å². The van der Waals surface area contributed by atoms with Crippen LogP contribution < -0.4 is 5.73 Å². The van der Waals surface area contributed by atoms with Gasteiger partial charge >= 0.3 is 0 Å². The summed E-state index contributed by atoms with van der Waals surface area (Å²) in [5.41, 5.74) is 6.67. The molecule has 5 nitrogen and oxygen atoms in total. The van der Waals surface area contributed by atoms with Crippen LogP contribution in [0.5, 0.6) is 0 Å². The number of ketones is 1. The predicted octanol–water partition coefficient (Wildman–Crippen LogP) is 2.11. The highest BCUT2D eigenvalue weighted by atomic mass is 16.2. The minimum absolute atomic E-state index is 0.0124. The van der Waals surface area contributed by atoms with Crippen LogP contribution in [0.4, 0.5) is 0 Å². The van der Waals surface area contributed by atoms with E-state index in [1.165, 1.54) is 0 Å². The summed E-state index contributed by atoms with van der Waals surface area (Å²) in [5, 5.41) is 0. The molecule has 0 saturated carbocycles. The number of carbonyl (C=O) groups excluding carboxylic acids is 3. The maximum atomic E-state index is 12.9. The van der Waals surface area contributed by atoms with Crippen molar-refractivity contribution in [3.63, 3.8) is 0 Å². The van der Waals surface area contributed by atoms with Crippen LogP contribution in [0.2, 0.25) is 0 Å². The summed E-state index contributed by atoms with van der Waals surface area (Å²) in [6.45, 7) is 2.66. The van der Waals surface area contributed by atoms with Gasteiger partial charge in [-0.15, -0.1) is 0 Å². The van der Waals surface area contributed by atoms with Gasteiger partial charge in [-0.3, -0.25) is 14.4 Å². The van der Waals surface area contributed by atoms with E-state index >= 15 is 0 Å². The van der Waals surface area contributed by atoms with E-state index in [1.807, 2.05) is 13.0 Å². The van der Waals surface area contributed by atoms with Gasteiger partial charge in [-0.1, -0.05) is 55.5 Å². The molecule has 2 aromatic carbocycles. The molecular weight excluding hydrogens is 316 g/mol. The SMILES string of the molecule is C[C@@H]1CN(C(=O)c2ccccc2C(=O)c2ccccc2)C[C@H]1C(N)=O. The molecule has 0 unspecified atom stereocenters. The lowest BCUT2D eigenvalue weighted by Gasteiger charge is -2.18. The largest absolute Gasteiger partial charge is 0.369 e. The van der Waals surface area contributed by atoms with Gasteiger partial charge in [0.15, 0.2) is 5.78 Å². The predicted molar refractivity (Wildman–Crippen MR) is 94.1 cm³/mol. The summed E-state index contributed by atoms with van der Waals surface area (Å²) in [6.07, 6.45) is 0. The van der Waals surface area contributed by atoms with Crippen LogP contribution >= 0.6 is 0 Å². The van der Waals surface area contributed by atoms with Crippen LogP contribution in [0.3, 0.4) is 0 Å². The molecule has 1 aliphatic heterocycles. The fourth-order valence-corrected chi connectivity index (χ4v) is 3.29. The van der Waals surface area contributed by atoms with Gasteiger partial charge < -0.3 is 10.6 Å². The number of nitrogens with two attached hydrogens (primary N) is 1. The highest BCUT2D eigenvalue weighted by Gasteiger charge is 2.36. The number of amides is 2. The quantitative estimate of drug-likeness (QED) is 0.868. The number of benzene rings is 2. The van der Waals surface area contributed by atoms with E-state index in [9.17, 15) is 14.4 Å². The van der Waals surface area contributed by atoms with Gasteiger partial charge in [0.25, 0.3) is 5.91 Å². The average molecular weight is 336 g/mol. The molecule has 3 rings (SSSR count). The molecule has 0 aliphatic carbocycles. The molecule has 0 aromatic heterocycles. The van der Waals surface area contributed by atoms with Gasteiger partial charge in [0, 0.05) is 24.2 Å². The molecular formula is C20H20N2O3. The topological polar surface area (TPSA) is 80.5 Å². The van der Waals surface area contributed by atoms with E-state index in [4.69, 9.17) is 5.73 Å². The molecule has 2 atom stereocenters. The Labute approximate surface area is 146 Å². The smallest absolute Gasteiger partial charge is 0.254 e. The van der Waals surface area contributed by atoms with Crippen LogP contribution in [0.25, 0.3) is 0 Å². The molecule has 1 saturated heterocycles. The Bertz CT molecular complexity index is 817. The average Bonchev–Trinajstić information content (AvgIpc) is 3.03. The third-order valence-electron chi connectivity index (χ3n) is 4.70. The molecule has 25 heavy (non-hydrogen) atoms. The van der Waals surface area contributed by atoms with Crippen molar-refractivity contribution in [3.8, 4) is 0 Å². The number of rotatable bonds is 4. The maximum Gasteiger partial charge on any atom is 0.254 e. The summed E-state index contributed by atoms with van der Waals surface area (Å²) in [7, 11) is 0. The van der Waals surface area contributed by atoms with E-state index in [0.29, 0.717) is 29.8 Å². The monoisotopic (exact) mass is 336 g/mol. The van der Waals surface area contributed by atoms with Crippen molar-refractivity contribution in [1.82, 2.24) is 4.90 Å². The normalized spacial score (nSPS) is 19.6. The molecule has 0 bridgehead atoms. The van der Waals surface area contributed by atoms with Crippen LogP contribution in [0.15, 0.2) is 54.6 Å². The highest BCUT2D eigenvalue weighted by Crippen LogP contribution is 2.25. The Morgan fingerprint density at radius 3 is 2.12 bits per heavy atom. The van der Waals surface area contributed by atoms with E-state index in [0.717, 1.165) is 0 Å². The van der Waals surface area contributed by atoms with Crippen molar-refractivity contribution >= 4 is 17.6 Å². The highest BCUT2D eigenvalue weighted by molar-refractivity contribution is 6.15. The van der Waals surface area contributed by atoms with Crippen molar-refractivity contribution in [3.05, 3.63) is 71.3 Å². The molecule has 0 spiro atoms. The Hall–Kier alpha value is -2.95. The van der Waals surface area contributed by atoms with Gasteiger partial charge in [0.05, 0.1) is 11.5 Å². The summed E-state index contributed by atoms with van der Waals surface area (Å²) in [4.78, 5) is 38.8. The third-order valence-corrected chi connectivity index (χ3v) is 4.70. The summed E-state index contributed by atoms with van der Waals surface area (Å²) in [6, 6.07) is 15.7. The molecule has 2 N–H and O–H groups in total. The van der Waals surface area contributed by atoms with E-state index in [2.05, 4.69) is 0 Å². The fraction of sp³-hybridized carbons (Fsp3) is 0.250. The van der Waals surface area contributed by atoms with Crippen molar-refractivity contribution in [1.29, 1.82) is 0 Å². The number of likely N-dealkylation sites (tertiary alicyclic amines) is 1. The number of primary amides is 1. The first-order valence-electron chi connectivity index (χ1n) is 8.26. The van der Waals surface area contributed by atoms with Gasteiger partial charge in [0.2, 0.25) is 5.91 Å². The number of hydrogen-bond donors (Lipinski definition) is 1. The second-order valence-corrected chi connectivity index (χ2v) is 6.44. The lowest BCUT2D eigenvalue weighted by Crippen LogP contribution is -2.32. The van der Waals surface area contributed by atoms with E-state index in [-0.39, 0.29) is 23.5 Å². The first-order valence-corrected chi connectivity index (χ1v) is 8.26. The van der Waals surface area contributed by atoms with E-state index < -0.39 is 5.91 Å². The molecule has 2 aromatic rings. The molecule has 1 heterocycles. The Kier molecular flexibility index (Phi) is 4.65. The molecule has 2 amide bonds. The summed E-state index contributed by atoms with van der Waals surface area (Å²) >= 11 is 0. The minimum Gasteiger partial charge on any atom is -0.369 e. The Morgan fingerprint density at radius 2 is 1.52 bits per heavy atom. The molecule has 1 aliphatic rings. The lowest BCUT2D eigenvalue weighted by atomic mass is 9.97. The zero-order valence-corrected chi connectivity index (χ0v) is 14.0. The third kappa shape index (κ3) is 3.31. The number of hydrogen-bond acceptors (Lipinski definition) is 3. The summed E-state index contributed by atoms with van der Waals surface area (Å²) < 4.78 is 0. The Balaban J connectivity index is 1.90. The standard InChI is InChI=1S/C20H20N2O3/c1-13-11-22(12-17(13)19(21)24)20(25)16-10-6-5-9-15(16)18(23)14-7-3-2-4-8-14/h2-10,13,17H,11-12H2,1H3,(H2,21,24)/t13-,17-/m1/s1.